The summed E-state index contributed by atoms with van der Waals surface area (Å²) in [7, 11) is -4.19. The summed E-state index contributed by atoms with van der Waals surface area (Å²) < 4.78 is 32.6. The molecular formula is C12H9ClN4O3S2. The van der Waals surface area contributed by atoms with E-state index in [0.29, 0.717) is 16.5 Å². The van der Waals surface area contributed by atoms with Crippen LogP contribution in [0, 0.1) is 0 Å². The first-order valence-corrected chi connectivity index (χ1v) is 8.62. The van der Waals surface area contributed by atoms with E-state index in [1.54, 1.807) is 4.40 Å². The van der Waals surface area contributed by atoms with Gasteiger partial charge in [-0.05, 0) is 24.3 Å². The number of imidazole rings is 1. The lowest BCUT2D eigenvalue weighted by Gasteiger charge is -2.01. The molecule has 2 aromatic heterocycles. The van der Waals surface area contributed by atoms with Crippen LogP contribution in [0.2, 0.25) is 5.15 Å². The Balaban J connectivity index is 1.77. The van der Waals surface area contributed by atoms with E-state index in [9.17, 15) is 8.42 Å². The molecule has 0 bridgehead atoms. The van der Waals surface area contributed by atoms with Crippen LogP contribution in [0.4, 0.5) is 5.69 Å². The third-order valence-corrected chi connectivity index (χ3v) is 4.69. The Morgan fingerprint density at radius 3 is 2.77 bits per heavy atom. The molecule has 0 spiro atoms. The Hall–Kier alpha value is -1.94. The number of halogens is 1. The van der Waals surface area contributed by atoms with E-state index in [-0.39, 0.29) is 4.90 Å². The Bertz CT molecular complexity index is 945. The normalized spacial score (nSPS) is 12.3. The molecule has 2 heterocycles. The van der Waals surface area contributed by atoms with Gasteiger partial charge in [0.05, 0.1) is 16.8 Å². The summed E-state index contributed by atoms with van der Waals surface area (Å²) >= 11 is 7.48. The van der Waals surface area contributed by atoms with Gasteiger partial charge in [0.25, 0.3) is 10.1 Å². The van der Waals surface area contributed by atoms with Crippen LogP contribution in [0.1, 0.15) is 5.69 Å². The fourth-order valence-electron chi connectivity index (χ4n) is 1.76. The molecule has 3 rings (SSSR count). The molecule has 0 aliphatic carbocycles. The fraction of sp³-hybridized carbons (Fsp3) is 0. The number of nitrogens with zero attached hydrogens (tertiary/aromatic N) is 3. The van der Waals surface area contributed by atoms with Crippen molar-refractivity contribution in [1.82, 2.24) is 9.38 Å². The smallest absolute Gasteiger partial charge is 0.288 e. The van der Waals surface area contributed by atoms with Gasteiger partial charge >= 0.3 is 0 Å². The number of hydrazone groups is 1. The highest BCUT2D eigenvalue weighted by Crippen LogP contribution is 2.20. The molecule has 7 nitrogen and oxygen atoms in total. The van der Waals surface area contributed by atoms with Gasteiger partial charge in [-0.2, -0.15) is 13.5 Å². The molecule has 0 saturated heterocycles. The second-order valence-corrected chi connectivity index (χ2v) is 6.87. The van der Waals surface area contributed by atoms with Crippen molar-refractivity contribution in [3.8, 4) is 0 Å². The maximum absolute atomic E-state index is 10.9. The number of rotatable bonds is 4. The molecule has 0 amide bonds. The quantitative estimate of drug-likeness (QED) is 0.425. The van der Waals surface area contributed by atoms with Gasteiger partial charge in [-0.15, -0.1) is 11.3 Å². The number of hydrogen-bond acceptors (Lipinski definition) is 6. The summed E-state index contributed by atoms with van der Waals surface area (Å²) in [6, 6.07) is 5.52. The Morgan fingerprint density at radius 2 is 2.09 bits per heavy atom. The first kappa shape index (κ1) is 15.0. The van der Waals surface area contributed by atoms with Gasteiger partial charge in [0.2, 0.25) is 0 Å². The predicted molar refractivity (Wildman–Crippen MR) is 85.6 cm³/mol. The SMILES string of the molecule is O=S(=O)(O)c1ccc(N/N=C\c2c(Cl)nc3sccn23)cc1. The van der Waals surface area contributed by atoms with Crippen molar-refractivity contribution in [2.45, 2.75) is 4.90 Å². The summed E-state index contributed by atoms with van der Waals surface area (Å²) in [5.74, 6) is 0. The van der Waals surface area contributed by atoms with Gasteiger partial charge < -0.3 is 0 Å². The van der Waals surface area contributed by atoms with E-state index in [1.807, 2.05) is 11.6 Å². The summed E-state index contributed by atoms with van der Waals surface area (Å²) in [5, 5.41) is 6.27. The minimum Gasteiger partial charge on any atom is -0.288 e. The number of aromatic nitrogens is 2. The number of nitrogens with one attached hydrogen (secondary N) is 1. The molecule has 114 valence electrons. The minimum absolute atomic E-state index is 0.180. The monoisotopic (exact) mass is 356 g/mol. The average molecular weight is 357 g/mol. The Morgan fingerprint density at radius 1 is 1.36 bits per heavy atom. The van der Waals surface area contributed by atoms with Crippen molar-refractivity contribution in [1.29, 1.82) is 0 Å². The third-order valence-electron chi connectivity index (χ3n) is 2.79. The molecule has 0 aliphatic heterocycles. The van der Waals surface area contributed by atoms with E-state index in [1.165, 1.54) is 41.8 Å². The highest BCUT2D eigenvalue weighted by atomic mass is 35.5. The molecule has 3 aromatic rings. The molecule has 2 N–H and O–H groups in total. The van der Waals surface area contributed by atoms with Gasteiger partial charge in [0.15, 0.2) is 10.1 Å². The molecule has 0 radical (unpaired) electrons. The first-order chi connectivity index (χ1) is 10.4. The molecule has 0 fully saturated rings. The number of fused-ring (bicyclic) bond motifs is 1. The van der Waals surface area contributed by atoms with Gasteiger partial charge in [0.1, 0.15) is 5.69 Å². The topological polar surface area (TPSA) is 96.1 Å². The molecule has 0 unspecified atom stereocenters. The highest BCUT2D eigenvalue weighted by molar-refractivity contribution is 7.85. The van der Waals surface area contributed by atoms with Crippen molar-refractivity contribution < 1.29 is 13.0 Å². The lowest BCUT2D eigenvalue weighted by molar-refractivity contribution is 0.483. The van der Waals surface area contributed by atoms with Crippen molar-refractivity contribution in [2.24, 2.45) is 5.10 Å². The summed E-state index contributed by atoms with van der Waals surface area (Å²) in [6.45, 7) is 0. The number of anilines is 1. The van der Waals surface area contributed by atoms with E-state index in [4.69, 9.17) is 16.2 Å². The molecule has 0 aliphatic rings. The molecule has 22 heavy (non-hydrogen) atoms. The highest BCUT2D eigenvalue weighted by Gasteiger charge is 2.09. The van der Waals surface area contributed by atoms with Crippen molar-refractivity contribution in [3.63, 3.8) is 0 Å². The summed E-state index contributed by atoms with van der Waals surface area (Å²) in [4.78, 5) is 4.76. The van der Waals surface area contributed by atoms with Crippen molar-refractivity contribution in [3.05, 3.63) is 46.7 Å². The fourth-order valence-corrected chi connectivity index (χ4v) is 3.23. The van der Waals surface area contributed by atoms with Crippen LogP contribution in [0.25, 0.3) is 4.96 Å². The van der Waals surface area contributed by atoms with Crippen LogP contribution in [0.15, 0.2) is 45.8 Å². The predicted octanol–water partition coefficient (Wildman–Crippen LogP) is 2.74. The molecule has 1 aromatic carbocycles. The lowest BCUT2D eigenvalue weighted by Crippen LogP contribution is -1.98. The van der Waals surface area contributed by atoms with Crippen molar-refractivity contribution >= 4 is 49.9 Å². The number of thiazole rings is 1. The summed E-state index contributed by atoms with van der Waals surface area (Å²) in [6.07, 6.45) is 3.35. The van der Waals surface area contributed by atoms with E-state index in [2.05, 4.69) is 15.5 Å². The molecule has 0 saturated carbocycles. The zero-order valence-electron chi connectivity index (χ0n) is 10.8. The first-order valence-electron chi connectivity index (χ1n) is 5.93. The molecule has 10 heteroatoms. The van der Waals surface area contributed by atoms with Crippen LogP contribution in [-0.2, 0) is 10.1 Å². The Labute approximate surface area is 134 Å². The standard InChI is InChI=1S/C12H9ClN4O3S2/c13-11-10(17-5-6-21-12(17)15-11)7-14-16-8-1-3-9(4-2-8)22(18,19)20/h1-7,16H,(H,18,19,20)/b14-7-. The second-order valence-electron chi connectivity index (χ2n) is 4.21. The maximum atomic E-state index is 10.9. The van der Waals surface area contributed by atoms with E-state index in [0.717, 1.165) is 4.96 Å². The van der Waals surface area contributed by atoms with Gasteiger partial charge in [-0.1, -0.05) is 11.6 Å². The minimum atomic E-state index is -4.19. The number of benzene rings is 1. The van der Waals surface area contributed by atoms with Crippen LogP contribution in [-0.4, -0.2) is 28.6 Å². The largest absolute Gasteiger partial charge is 0.294 e. The van der Waals surface area contributed by atoms with Crippen LogP contribution < -0.4 is 5.43 Å². The van der Waals surface area contributed by atoms with Gasteiger partial charge in [-0.25, -0.2) is 4.98 Å². The van der Waals surface area contributed by atoms with E-state index < -0.39 is 10.1 Å². The molecule has 0 atom stereocenters. The van der Waals surface area contributed by atoms with Crippen molar-refractivity contribution in [2.75, 3.05) is 5.43 Å². The second kappa shape index (κ2) is 5.69. The summed E-state index contributed by atoms with van der Waals surface area (Å²) in [5.41, 5.74) is 3.94. The van der Waals surface area contributed by atoms with Crippen LogP contribution >= 0.6 is 22.9 Å². The maximum Gasteiger partial charge on any atom is 0.294 e. The molecular weight excluding hydrogens is 348 g/mol. The van der Waals surface area contributed by atoms with Gasteiger partial charge in [0, 0.05) is 11.6 Å². The average Bonchev–Trinajstić information content (AvgIpc) is 3.01. The van der Waals surface area contributed by atoms with Crippen LogP contribution in [0.5, 0.6) is 0 Å². The number of hydrogen-bond donors (Lipinski definition) is 2. The lowest BCUT2D eigenvalue weighted by atomic mass is 10.3. The van der Waals surface area contributed by atoms with E-state index >= 15 is 0 Å². The van der Waals surface area contributed by atoms with Crippen LogP contribution in [0.3, 0.4) is 0 Å². The zero-order chi connectivity index (χ0) is 15.7. The third kappa shape index (κ3) is 2.97. The zero-order valence-corrected chi connectivity index (χ0v) is 13.2. The van der Waals surface area contributed by atoms with Gasteiger partial charge in [-0.3, -0.25) is 14.4 Å². The Kier molecular flexibility index (Phi) is 3.87.